The first kappa shape index (κ1) is 14.1. The maximum Gasteiger partial charge on any atom is 0.251 e. The topological polar surface area (TPSA) is 49.3 Å². The highest BCUT2D eigenvalue weighted by molar-refractivity contribution is 7.98. The number of nitrogens with one attached hydrogen (secondary N) is 1. The average molecular weight is 253 g/mol. The van der Waals surface area contributed by atoms with Gasteiger partial charge in [-0.2, -0.15) is 0 Å². The van der Waals surface area contributed by atoms with Crippen LogP contribution in [0, 0.1) is 0 Å². The fourth-order valence-electron chi connectivity index (χ4n) is 1.62. The van der Waals surface area contributed by atoms with Crippen molar-refractivity contribution < 1.29 is 9.90 Å². The molecule has 0 heterocycles. The summed E-state index contributed by atoms with van der Waals surface area (Å²) >= 11 is 1.65. The van der Waals surface area contributed by atoms with Crippen LogP contribution in [0.4, 0.5) is 0 Å². The molecule has 2 atom stereocenters. The van der Waals surface area contributed by atoms with Gasteiger partial charge in [0.2, 0.25) is 0 Å². The lowest BCUT2D eigenvalue weighted by Crippen LogP contribution is -2.34. The van der Waals surface area contributed by atoms with Crippen LogP contribution in [0.3, 0.4) is 0 Å². The summed E-state index contributed by atoms with van der Waals surface area (Å²) < 4.78 is 0. The Hall–Kier alpha value is -1.00. The van der Waals surface area contributed by atoms with Crippen molar-refractivity contribution in [3.05, 3.63) is 29.8 Å². The number of amides is 1. The number of benzene rings is 1. The molecule has 0 radical (unpaired) electrons. The summed E-state index contributed by atoms with van der Waals surface area (Å²) in [5.74, 6) is -0.0918. The fraction of sp³-hybridized carbons (Fsp3) is 0.462. The predicted molar refractivity (Wildman–Crippen MR) is 71.4 cm³/mol. The summed E-state index contributed by atoms with van der Waals surface area (Å²) in [7, 11) is 0. The third-order valence-electron chi connectivity index (χ3n) is 2.42. The molecule has 0 aliphatic rings. The number of hydrogen-bond acceptors (Lipinski definition) is 3. The molecule has 2 unspecified atom stereocenters. The molecule has 3 nitrogen and oxygen atoms in total. The van der Waals surface area contributed by atoms with E-state index >= 15 is 0 Å². The van der Waals surface area contributed by atoms with Gasteiger partial charge < -0.3 is 10.4 Å². The summed E-state index contributed by atoms with van der Waals surface area (Å²) in [4.78, 5) is 13.0. The Morgan fingerprint density at radius 1 is 1.35 bits per heavy atom. The molecule has 0 saturated carbocycles. The third kappa shape index (κ3) is 4.79. The number of carbonyl (C=O) groups excluding carboxylic acids is 1. The minimum atomic E-state index is -0.399. The van der Waals surface area contributed by atoms with Crippen LogP contribution in [-0.2, 0) is 0 Å². The summed E-state index contributed by atoms with van der Waals surface area (Å²) in [6, 6.07) is 7.47. The molecule has 0 fully saturated rings. The first-order valence-corrected chi connectivity index (χ1v) is 6.88. The van der Waals surface area contributed by atoms with Gasteiger partial charge >= 0.3 is 0 Å². The van der Waals surface area contributed by atoms with Crippen LogP contribution in [0.5, 0.6) is 0 Å². The van der Waals surface area contributed by atoms with Gasteiger partial charge in [0, 0.05) is 16.5 Å². The maximum absolute atomic E-state index is 11.8. The second-order valence-corrected chi connectivity index (χ2v) is 5.07. The molecular weight excluding hydrogens is 234 g/mol. The lowest BCUT2D eigenvalue weighted by atomic mass is 10.1. The average Bonchev–Trinajstić information content (AvgIpc) is 2.28. The summed E-state index contributed by atoms with van der Waals surface area (Å²) in [5, 5.41) is 12.1. The van der Waals surface area contributed by atoms with Crippen molar-refractivity contribution in [1.82, 2.24) is 5.32 Å². The molecule has 17 heavy (non-hydrogen) atoms. The molecule has 0 bridgehead atoms. The molecule has 1 amide bonds. The van der Waals surface area contributed by atoms with Gasteiger partial charge in [0.25, 0.3) is 5.91 Å². The van der Waals surface area contributed by atoms with Gasteiger partial charge in [-0.25, -0.2) is 0 Å². The standard InChI is InChI=1S/C13H19NO2S/c1-9(8-10(2)15)14-13(16)11-4-6-12(17-3)7-5-11/h4-7,9-10,15H,8H2,1-3H3,(H,14,16). The van der Waals surface area contributed by atoms with E-state index in [1.165, 1.54) is 0 Å². The molecule has 94 valence electrons. The van der Waals surface area contributed by atoms with Crippen LogP contribution in [0.2, 0.25) is 0 Å². The number of aliphatic hydroxyl groups excluding tert-OH is 1. The highest BCUT2D eigenvalue weighted by atomic mass is 32.2. The minimum Gasteiger partial charge on any atom is -0.393 e. The molecule has 2 N–H and O–H groups in total. The third-order valence-corrected chi connectivity index (χ3v) is 3.17. The second kappa shape index (κ2) is 6.67. The zero-order chi connectivity index (χ0) is 12.8. The van der Waals surface area contributed by atoms with Crippen LogP contribution in [0.25, 0.3) is 0 Å². The summed E-state index contributed by atoms with van der Waals surface area (Å²) in [6.45, 7) is 3.61. The van der Waals surface area contributed by atoms with E-state index in [9.17, 15) is 9.90 Å². The van der Waals surface area contributed by atoms with Gasteiger partial charge in [-0.1, -0.05) is 0 Å². The smallest absolute Gasteiger partial charge is 0.251 e. The number of hydrogen-bond donors (Lipinski definition) is 2. The van der Waals surface area contributed by atoms with Crippen molar-refractivity contribution in [2.75, 3.05) is 6.26 Å². The van der Waals surface area contributed by atoms with Crippen molar-refractivity contribution in [3.8, 4) is 0 Å². The Labute approximate surface area is 107 Å². The molecule has 1 rings (SSSR count). The van der Waals surface area contributed by atoms with E-state index in [-0.39, 0.29) is 11.9 Å². The van der Waals surface area contributed by atoms with Crippen LogP contribution < -0.4 is 5.32 Å². The van der Waals surface area contributed by atoms with Gasteiger partial charge in [0.05, 0.1) is 6.10 Å². The quantitative estimate of drug-likeness (QED) is 0.792. The lowest BCUT2D eigenvalue weighted by molar-refractivity contribution is 0.0923. The van der Waals surface area contributed by atoms with Crippen molar-refractivity contribution in [1.29, 1.82) is 0 Å². The van der Waals surface area contributed by atoms with Crippen LogP contribution >= 0.6 is 11.8 Å². The Morgan fingerprint density at radius 3 is 2.41 bits per heavy atom. The lowest BCUT2D eigenvalue weighted by Gasteiger charge is -2.15. The number of carbonyl (C=O) groups is 1. The highest BCUT2D eigenvalue weighted by Gasteiger charge is 2.11. The molecule has 4 heteroatoms. The Balaban J connectivity index is 2.57. The van der Waals surface area contributed by atoms with E-state index in [1.54, 1.807) is 18.7 Å². The first-order chi connectivity index (χ1) is 8.02. The molecule has 0 saturated heterocycles. The van der Waals surface area contributed by atoms with Gasteiger partial charge in [-0.3, -0.25) is 4.79 Å². The van der Waals surface area contributed by atoms with E-state index in [1.807, 2.05) is 37.4 Å². The van der Waals surface area contributed by atoms with Crippen molar-refractivity contribution in [3.63, 3.8) is 0 Å². The summed E-state index contributed by atoms with van der Waals surface area (Å²) in [5.41, 5.74) is 0.653. The van der Waals surface area contributed by atoms with E-state index in [4.69, 9.17) is 0 Å². The molecular formula is C13H19NO2S. The van der Waals surface area contributed by atoms with E-state index in [0.717, 1.165) is 4.90 Å². The largest absolute Gasteiger partial charge is 0.393 e. The van der Waals surface area contributed by atoms with Crippen molar-refractivity contribution in [2.24, 2.45) is 0 Å². The predicted octanol–water partition coefficient (Wildman–Crippen LogP) is 2.30. The van der Waals surface area contributed by atoms with Crippen LogP contribution in [0.15, 0.2) is 29.2 Å². The first-order valence-electron chi connectivity index (χ1n) is 5.66. The number of thioether (sulfide) groups is 1. The van der Waals surface area contributed by atoms with Gasteiger partial charge in [0.1, 0.15) is 0 Å². The Bertz CT molecular complexity index is 362. The molecule has 0 aromatic heterocycles. The SMILES string of the molecule is CSc1ccc(C(=O)NC(C)CC(C)O)cc1. The zero-order valence-corrected chi connectivity index (χ0v) is 11.3. The monoisotopic (exact) mass is 253 g/mol. The number of rotatable bonds is 5. The molecule has 0 aliphatic carbocycles. The molecule has 0 spiro atoms. The van der Waals surface area contributed by atoms with E-state index < -0.39 is 6.10 Å². The van der Waals surface area contributed by atoms with Crippen LogP contribution in [0.1, 0.15) is 30.6 Å². The Morgan fingerprint density at radius 2 is 1.94 bits per heavy atom. The minimum absolute atomic E-state index is 0.0253. The van der Waals surface area contributed by atoms with Crippen LogP contribution in [-0.4, -0.2) is 29.4 Å². The molecule has 1 aromatic carbocycles. The maximum atomic E-state index is 11.8. The Kier molecular flexibility index (Phi) is 5.51. The van der Waals surface area contributed by atoms with Gasteiger partial charge in [-0.15, -0.1) is 11.8 Å². The second-order valence-electron chi connectivity index (χ2n) is 4.19. The highest BCUT2D eigenvalue weighted by Crippen LogP contribution is 2.14. The zero-order valence-electron chi connectivity index (χ0n) is 10.4. The van der Waals surface area contributed by atoms with E-state index in [2.05, 4.69) is 5.32 Å². The van der Waals surface area contributed by atoms with Crippen molar-refractivity contribution in [2.45, 2.75) is 37.3 Å². The normalized spacial score (nSPS) is 14.1. The molecule has 0 aliphatic heterocycles. The fourth-order valence-corrected chi connectivity index (χ4v) is 2.03. The van der Waals surface area contributed by atoms with Gasteiger partial charge in [0.15, 0.2) is 0 Å². The summed E-state index contributed by atoms with van der Waals surface area (Å²) in [6.07, 6.45) is 2.16. The van der Waals surface area contributed by atoms with Crippen molar-refractivity contribution >= 4 is 17.7 Å². The van der Waals surface area contributed by atoms with Gasteiger partial charge in [-0.05, 0) is 50.8 Å². The molecule has 1 aromatic rings. The van der Waals surface area contributed by atoms with E-state index in [0.29, 0.717) is 12.0 Å². The number of aliphatic hydroxyl groups is 1.